The monoisotopic (exact) mass is 427 g/mol. The van der Waals surface area contributed by atoms with E-state index in [-0.39, 0.29) is 17.6 Å². The molecule has 3 heterocycles. The summed E-state index contributed by atoms with van der Waals surface area (Å²) in [5.41, 5.74) is 7.87. The molecule has 1 aliphatic heterocycles. The van der Waals surface area contributed by atoms with Crippen molar-refractivity contribution in [3.05, 3.63) is 59.0 Å². The van der Waals surface area contributed by atoms with Crippen molar-refractivity contribution in [2.75, 3.05) is 18.4 Å². The number of amides is 2. The Morgan fingerprint density at radius 1 is 1.37 bits per heavy atom. The number of rotatable bonds is 6. The minimum atomic E-state index is -0.537. The molecule has 1 aromatic carbocycles. The highest BCUT2D eigenvalue weighted by molar-refractivity contribution is 7.14. The summed E-state index contributed by atoms with van der Waals surface area (Å²) in [6.07, 6.45) is 3.38. The van der Waals surface area contributed by atoms with Crippen LogP contribution in [0.5, 0.6) is 0 Å². The molecule has 1 fully saturated rings. The molecule has 4 N–H and O–H groups in total. The van der Waals surface area contributed by atoms with Crippen LogP contribution in [0, 0.1) is 11.7 Å². The molecule has 0 saturated carbocycles. The first-order chi connectivity index (χ1) is 14.5. The SMILES string of the molecule is NC(=O)c1cc(-c2csc(NC(=O)C3CCCN(Cc4cccc(F)c4)C3)n2)c[nH]1. The first-order valence-corrected chi connectivity index (χ1v) is 10.6. The molecule has 9 heteroatoms. The van der Waals surface area contributed by atoms with Crippen LogP contribution in [0.3, 0.4) is 0 Å². The third-order valence-corrected chi connectivity index (χ3v) is 5.91. The van der Waals surface area contributed by atoms with Gasteiger partial charge >= 0.3 is 0 Å². The number of carbonyl (C=O) groups is 2. The lowest BCUT2D eigenvalue weighted by Gasteiger charge is -2.31. The van der Waals surface area contributed by atoms with E-state index in [1.807, 2.05) is 11.4 Å². The number of H-pyrrole nitrogens is 1. The summed E-state index contributed by atoms with van der Waals surface area (Å²) in [6.45, 7) is 2.14. The number of nitrogens with two attached hydrogens (primary N) is 1. The van der Waals surface area contributed by atoms with E-state index in [2.05, 4.69) is 20.2 Å². The standard InChI is InChI=1S/C21H22FN5O2S/c22-16-5-1-3-13(7-16)10-27-6-2-4-14(11-27)20(29)26-21-25-18(12-30-21)15-8-17(19(23)28)24-9-15/h1,3,5,7-9,12,14,24H,2,4,6,10-11H2,(H2,23,28)(H,25,26,29). The van der Waals surface area contributed by atoms with E-state index in [1.165, 1.54) is 23.5 Å². The van der Waals surface area contributed by atoms with Crippen molar-refractivity contribution < 1.29 is 14.0 Å². The molecule has 7 nitrogen and oxygen atoms in total. The third-order valence-electron chi connectivity index (χ3n) is 5.15. The van der Waals surface area contributed by atoms with Crippen LogP contribution in [0.1, 0.15) is 28.9 Å². The Balaban J connectivity index is 1.36. The minimum absolute atomic E-state index is 0.0632. The van der Waals surface area contributed by atoms with E-state index in [0.29, 0.717) is 29.6 Å². The molecule has 156 valence electrons. The lowest BCUT2D eigenvalue weighted by Crippen LogP contribution is -2.40. The summed E-state index contributed by atoms with van der Waals surface area (Å²) in [5, 5.41) is 5.24. The van der Waals surface area contributed by atoms with Gasteiger partial charge in [0.1, 0.15) is 11.5 Å². The number of carbonyl (C=O) groups excluding carboxylic acids is 2. The molecule has 0 radical (unpaired) electrons. The van der Waals surface area contributed by atoms with Gasteiger partial charge in [0.15, 0.2) is 5.13 Å². The molecule has 0 aliphatic carbocycles. The highest BCUT2D eigenvalue weighted by Gasteiger charge is 2.26. The van der Waals surface area contributed by atoms with E-state index < -0.39 is 5.91 Å². The van der Waals surface area contributed by atoms with Crippen LogP contribution in [0.4, 0.5) is 9.52 Å². The van der Waals surface area contributed by atoms with Crippen molar-refractivity contribution in [1.29, 1.82) is 0 Å². The van der Waals surface area contributed by atoms with Crippen molar-refractivity contribution in [2.24, 2.45) is 11.7 Å². The zero-order valence-electron chi connectivity index (χ0n) is 16.2. The number of benzene rings is 1. The summed E-state index contributed by atoms with van der Waals surface area (Å²) in [4.78, 5) is 33.4. The number of hydrogen-bond acceptors (Lipinski definition) is 5. The summed E-state index contributed by atoms with van der Waals surface area (Å²) >= 11 is 1.33. The van der Waals surface area contributed by atoms with Gasteiger partial charge in [-0.25, -0.2) is 9.37 Å². The molecule has 2 aromatic heterocycles. The highest BCUT2D eigenvalue weighted by Crippen LogP contribution is 2.27. The molecule has 1 aliphatic rings. The number of aromatic amines is 1. The Kier molecular flexibility index (Phi) is 5.91. The Hall–Kier alpha value is -3.04. The van der Waals surface area contributed by atoms with Gasteiger partial charge in [-0.3, -0.25) is 14.5 Å². The number of nitrogens with zero attached hydrogens (tertiary/aromatic N) is 2. The van der Waals surface area contributed by atoms with E-state index in [0.717, 1.165) is 30.5 Å². The van der Waals surface area contributed by atoms with Gasteiger partial charge in [-0.1, -0.05) is 12.1 Å². The Morgan fingerprint density at radius 2 is 2.23 bits per heavy atom. The second-order valence-electron chi connectivity index (χ2n) is 7.40. The fraction of sp³-hybridized carbons (Fsp3) is 0.286. The van der Waals surface area contributed by atoms with Crippen molar-refractivity contribution in [2.45, 2.75) is 19.4 Å². The van der Waals surface area contributed by atoms with Gasteiger partial charge in [0.05, 0.1) is 11.6 Å². The second kappa shape index (κ2) is 8.76. The molecule has 0 bridgehead atoms. The van der Waals surface area contributed by atoms with Crippen LogP contribution in [-0.4, -0.2) is 39.8 Å². The molecular weight excluding hydrogens is 405 g/mol. The molecule has 3 aromatic rings. The van der Waals surface area contributed by atoms with Gasteiger partial charge in [-0.05, 0) is 43.1 Å². The van der Waals surface area contributed by atoms with Gasteiger partial charge in [0.2, 0.25) is 5.91 Å². The lowest BCUT2D eigenvalue weighted by molar-refractivity contribution is -0.121. The maximum atomic E-state index is 13.4. The number of likely N-dealkylation sites (tertiary alicyclic amines) is 1. The van der Waals surface area contributed by atoms with Gasteiger partial charge in [-0.2, -0.15) is 0 Å². The van der Waals surface area contributed by atoms with E-state index in [4.69, 9.17) is 5.73 Å². The van der Waals surface area contributed by atoms with Crippen LogP contribution in [-0.2, 0) is 11.3 Å². The number of thiazole rings is 1. The Bertz CT molecular complexity index is 1060. The van der Waals surface area contributed by atoms with E-state index in [1.54, 1.807) is 18.3 Å². The first kappa shape index (κ1) is 20.2. The van der Waals surface area contributed by atoms with Crippen molar-refractivity contribution >= 4 is 28.3 Å². The third kappa shape index (κ3) is 4.74. The molecule has 1 atom stereocenters. The van der Waals surface area contributed by atoms with Crippen LogP contribution in [0.15, 0.2) is 41.9 Å². The van der Waals surface area contributed by atoms with E-state index in [9.17, 15) is 14.0 Å². The van der Waals surface area contributed by atoms with Gasteiger partial charge in [-0.15, -0.1) is 11.3 Å². The number of nitrogens with one attached hydrogen (secondary N) is 2. The number of anilines is 1. The minimum Gasteiger partial charge on any atom is -0.364 e. The molecule has 4 rings (SSSR count). The largest absolute Gasteiger partial charge is 0.364 e. The van der Waals surface area contributed by atoms with Crippen LogP contribution >= 0.6 is 11.3 Å². The molecule has 30 heavy (non-hydrogen) atoms. The fourth-order valence-electron chi connectivity index (χ4n) is 3.66. The predicted octanol–water partition coefficient (Wildman–Crippen LogP) is 3.23. The van der Waals surface area contributed by atoms with Crippen LogP contribution < -0.4 is 11.1 Å². The zero-order valence-corrected chi connectivity index (χ0v) is 17.0. The van der Waals surface area contributed by atoms with Crippen LogP contribution in [0.2, 0.25) is 0 Å². The first-order valence-electron chi connectivity index (χ1n) is 9.70. The van der Waals surface area contributed by atoms with Crippen LogP contribution in [0.25, 0.3) is 11.3 Å². The topological polar surface area (TPSA) is 104 Å². The molecular formula is C21H22FN5O2S. The number of aromatic nitrogens is 2. The van der Waals surface area contributed by atoms with Gasteiger partial charge < -0.3 is 16.0 Å². The quantitative estimate of drug-likeness (QED) is 0.562. The predicted molar refractivity (Wildman–Crippen MR) is 113 cm³/mol. The number of halogens is 1. The second-order valence-corrected chi connectivity index (χ2v) is 8.26. The molecule has 1 saturated heterocycles. The average Bonchev–Trinajstić information content (AvgIpc) is 3.38. The number of primary amides is 1. The highest BCUT2D eigenvalue weighted by atomic mass is 32.1. The molecule has 0 spiro atoms. The lowest BCUT2D eigenvalue weighted by atomic mass is 9.97. The van der Waals surface area contributed by atoms with Gasteiger partial charge in [0.25, 0.3) is 5.91 Å². The maximum absolute atomic E-state index is 13.4. The summed E-state index contributed by atoms with van der Waals surface area (Å²) in [7, 11) is 0. The van der Waals surface area contributed by atoms with E-state index >= 15 is 0 Å². The normalized spacial score (nSPS) is 17.0. The zero-order chi connectivity index (χ0) is 21.1. The Morgan fingerprint density at radius 3 is 3.00 bits per heavy atom. The summed E-state index contributed by atoms with van der Waals surface area (Å²) in [5.74, 6) is -0.992. The average molecular weight is 428 g/mol. The van der Waals surface area contributed by atoms with Crippen molar-refractivity contribution in [3.63, 3.8) is 0 Å². The molecule has 1 unspecified atom stereocenters. The summed E-state index contributed by atoms with van der Waals surface area (Å²) in [6, 6.07) is 8.20. The Labute approximate surface area is 177 Å². The number of hydrogen-bond donors (Lipinski definition) is 3. The molecule has 2 amide bonds. The van der Waals surface area contributed by atoms with Crippen molar-refractivity contribution in [1.82, 2.24) is 14.9 Å². The van der Waals surface area contributed by atoms with Gasteiger partial charge in [0, 0.05) is 30.2 Å². The number of piperidine rings is 1. The maximum Gasteiger partial charge on any atom is 0.265 e. The fourth-order valence-corrected chi connectivity index (χ4v) is 4.38. The smallest absolute Gasteiger partial charge is 0.265 e. The summed E-state index contributed by atoms with van der Waals surface area (Å²) < 4.78 is 13.4. The van der Waals surface area contributed by atoms with Crippen molar-refractivity contribution in [3.8, 4) is 11.3 Å².